The number of halogens is 1. The Kier molecular flexibility index (Phi) is 4.08. The monoisotopic (exact) mass is 388 g/mol. The van der Waals surface area contributed by atoms with Crippen LogP contribution in [0.4, 0.5) is 17.1 Å². The van der Waals surface area contributed by atoms with Crippen LogP contribution in [0.3, 0.4) is 0 Å². The van der Waals surface area contributed by atoms with Gasteiger partial charge in [-0.25, -0.2) is 0 Å². The molecule has 1 fully saturated rings. The minimum atomic E-state index is -0.983. The molecular weight excluding hydrogens is 372 g/mol. The summed E-state index contributed by atoms with van der Waals surface area (Å²) in [5.41, 5.74) is 2.18. The van der Waals surface area contributed by atoms with Gasteiger partial charge < -0.3 is 10.2 Å². The van der Waals surface area contributed by atoms with Crippen molar-refractivity contribution in [1.29, 1.82) is 0 Å². The van der Waals surface area contributed by atoms with Gasteiger partial charge in [0.2, 0.25) is 5.91 Å². The summed E-state index contributed by atoms with van der Waals surface area (Å²) in [6, 6.07) is 7.22. The van der Waals surface area contributed by atoms with Gasteiger partial charge in [0, 0.05) is 36.6 Å². The fraction of sp³-hybridized carbons (Fsp3) is 0.278. The minimum Gasteiger partial charge on any atom is -0.376 e. The van der Waals surface area contributed by atoms with E-state index in [1.54, 1.807) is 29.4 Å². The zero-order valence-electron chi connectivity index (χ0n) is 14.3. The van der Waals surface area contributed by atoms with Crippen molar-refractivity contribution in [2.24, 2.45) is 0 Å². The Balaban J connectivity index is 1.71. The zero-order chi connectivity index (χ0) is 18.5. The van der Waals surface area contributed by atoms with Gasteiger partial charge in [-0.05, 0) is 30.7 Å². The van der Waals surface area contributed by atoms with Crippen LogP contribution in [0.15, 0.2) is 41.6 Å². The summed E-state index contributed by atoms with van der Waals surface area (Å²) in [5.74, 6) is -0.288. The second kappa shape index (κ2) is 6.17. The fourth-order valence-electron chi connectivity index (χ4n) is 3.42. The normalized spacial score (nSPS) is 20.7. The first-order valence-corrected chi connectivity index (χ1v) is 9.36. The first-order valence-electron chi connectivity index (χ1n) is 8.17. The molecule has 0 bridgehead atoms. The van der Waals surface area contributed by atoms with Crippen LogP contribution in [0.2, 0.25) is 5.02 Å². The van der Waals surface area contributed by atoms with Gasteiger partial charge in [-0.3, -0.25) is 19.5 Å². The van der Waals surface area contributed by atoms with E-state index in [0.717, 1.165) is 10.6 Å². The number of nitrogens with zero attached hydrogens (tertiary/aromatic N) is 3. The van der Waals surface area contributed by atoms with Crippen molar-refractivity contribution in [3.8, 4) is 0 Å². The summed E-state index contributed by atoms with van der Waals surface area (Å²) in [6.07, 6.45) is 4.08. The largest absolute Gasteiger partial charge is 0.376 e. The van der Waals surface area contributed by atoms with Crippen LogP contribution in [-0.2, 0) is 9.59 Å². The van der Waals surface area contributed by atoms with Crippen molar-refractivity contribution in [3.05, 3.63) is 41.7 Å². The molecule has 3 heterocycles. The van der Waals surface area contributed by atoms with Gasteiger partial charge in [-0.15, -0.1) is 0 Å². The molecule has 2 aromatic rings. The van der Waals surface area contributed by atoms with Gasteiger partial charge >= 0.3 is 0 Å². The van der Waals surface area contributed by atoms with E-state index in [1.165, 1.54) is 11.8 Å². The number of amides is 2. The summed E-state index contributed by atoms with van der Waals surface area (Å²) in [5, 5.41) is 3.52. The maximum atomic E-state index is 13.3. The van der Waals surface area contributed by atoms with Gasteiger partial charge in [0.15, 0.2) is 4.87 Å². The van der Waals surface area contributed by atoms with Crippen LogP contribution < -0.4 is 15.1 Å². The first kappa shape index (κ1) is 17.2. The summed E-state index contributed by atoms with van der Waals surface area (Å²) >= 11 is 7.52. The molecule has 0 spiro atoms. The van der Waals surface area contributed by atoms with Gasteiger partial charge in [-0.2, -0.15) is 0 Å². The lowest BCUT2D eigenvalue weighted by Crippen LogP contribution is -2.49. The summed E-state index contributed by atoms with van der Waals surface area (Å²) in [6.45, 7) is 0. The summed E-state index contributed by atoms with van der Waals surface area (Å²) < 4.78 is 0. The van der Waals surface area contributed by atoms with Gasteiger partial charge in [0.1, 0.15) is 0 Å². The maximum absolute atomic E-state index is 13.3. The predicted molar refractivity (Wildman–Crippen MR) is 104 cm³/mol. The Morgan fingerprint density at radius 3 is 2.96 bits per heavy atom. The van der Waals surface area contributed by atoms with Crippen LogP contribution in [0.25, 0.3) is 0 Å². The minimum absolute atomic E-state index is 0.0623. The number of rotatable bonds is 3. The van der Waals surface area contributed by atoms with Crippen LogP contribution in [-0.4, -0.2) is 35.8 Å². The van der Waals surface area contributed by atoms with E-state index in [1.807, 2.05) is 31.1 Å². The van der Waals surface area contributed by atoms with E-state index in [2.05, 4.69) is 10.3 Å². The fourth-order valence-corrected chi connectivity index (χ4v) is 4.98. The van der Waals surface area contributed by atoms with Gasteiger partial charge in [-0.1, -0.05) is 23.4 Å². The Labute approximate surface area is 160 Å². The number of hydrogen-bond donors (Lipinski definition) is 1. The molecule has 1 unspecified atom stereocenters. The highest BCUT2D eigenvalue weighted by atomic mass is 35.5. The second-order valence-corrected chi connectivity index (χ2v) is 8.22. The lowest BCUT2D eigenvalue weighted by atomic mass is 10.1. The molecule has 0 saturated carbocycles. The number of nitrogens with one attached hydrogen (secondary N) is 1. The molecule has 0 aliphatic carbocycles. The molecule has 2 aliphatic heterocycles. The Morgan fingerprint density at radius 1 is 1.38 bits per heavy atom. The number of benzene rings is 1. The van der Waals surface area contributed by atoms with Crippen molar-refractivity contribution in [2.45, 2.75) is 22.6 Å². The van der Waals surface area contributed by atoms with Gasteiger partial charge in [0.25, 0.3) is 5.91 Å². The van der Waals surface area contributed by atoms with E-state index in [-0.39, 0.29) is 11.8 Å². The Hall–Kier alpha value is -2.25. The molecule has 1 aromatic heterocycles. The van der Waals surface area contributed by atoms with Crippen molar-refractivity contribution in [1.82, 2.24) is 4.98 Å². The van der Waals surface area contributed by atoms with E-state index in [4.69, 9.17) is 11.6 Å². The number of hydrogen-bond acceptors (Lipinski definition) is 5. The third-order valence-corrected chi connectivity index (χ3v) is 6.32. The molecule has 134 valence electrons. The van der Waals surface area contributed by atoms with Crippen molar-refractivity contribution < 1.29 is 9.59 Å². The maximum Gasteiger partial charge on any atom is 0.261 e. The lowest BCUT2D eigenvalue weighted by molar-refractivity contribution is -0.121. The quantitative estimate of drug-likeness (QED) is 0.873. The average molecular weight is 389 g/mol. The van der Waals surface area contributed by atoms with E-state index < -0.39 is 4.87 Å². The highest BCUT2D eigenvalue weighted by Crippen LogP contribution is 2.56. The van der Waals surface area contributed by atoms with E-state index in [0.29, 0.717) is 29.2 Å². The molecule has 1 N–H and O–H groups in total. The highest BCUT2D eigenvalue weighted by molar-refractivity contribution is 8.02. The summed E-state index contributed by atoms with van der Waals surface area (Å²) in [7, 11) is 3.80. The molecule has 2 amide bonds. The van der Waals surface area contributed by atoms with E-state index >= 15 is 0 Å². The van der Waals surface area contributed by atoms with Crippen molar-refractivity contribution >= 4 is 52.2 Å². The predicted octanol–water partition coefficient (Wildman–Crippen LogP) is 3.37. The SMILES string of the molecule is CN(C)c1ccncc1NC(=O)C12CCC(=O)N1c1cc(Cl)ccc1S2. The molecule has 0 radical (unpaired) electrons. The molecule has 1 saturated heterocycles. The smallest absolute Gasteiger partial charge is 0.261 e. The number of fused-ring (bicyclic) bond motifs is 3. The van der Waals surface area contributed by atoms with Crippen molar-refractivity contribution in [2.75, 3.05) is 29.2 Å². The average Bonchev–Trinajstić information content (AvgIpc) is 3.11. The standard InChI is InChI=1S/C18H17ClN4O2S/c1-22(2)13-6-8-20-10-12(13)21-17(25)18-7-5-16(24)23(18)14-9-11(19)3-4-15(14)26-18/h3-4,6,8-10H,5,7H2,1-2H3,(H,21,25). The Bertz CT molecular complexity index is 920. The van der Waals surface area contributed by atoms with Crippen LogP contribution in [0.1, 0.15) is 12.8 Å². The molecule has 1 aromatic carbocycles. The van der Waals surface area contributed by atoms with Gasteiger partial charge in [0.05, 0.1) is 23.3 Å². The zero-order valence-corrected chi connectivity index (χ0v) is 15.9. The molecule has 6 nitrogen and oxygen atoms in total. The van der Waals surface area contributed by atoms with Crippen LogP contribution >= 0.6 is 23.4 Å². The number of aromatic nitrogens is 1. The number of pyridine rings is 1. The number of carbonyl (C=O) groups is 2. The lowest BCUT2D eigenvalue weighted by Gasteiger charge is -2.30. The molecule has 4 rings (SSSR count). The molecule has 26 heavy (non-hydrogen) atoms. The summed E-state index contributed by atoms with van der Waals surface area (Å²) in [4.78, 5) is 33.3. The number of anilines is 3. The third-order valence-electron chi connectivity index (χ3n) is 4.61. The van der Waals surface area contributed by atoms with Crippen LogP contribution in [0.5, 0.6) is 0 Å². The topological polar surface area (TPSA) is 65.5 Å². The van der Waals surface area contributed by atoms with Crippen molar-refractivity contribution in [3.63, 3.8) is 0 Å². The highest BCUT2D eigenvalue weighted by Gasteiger charge is 2.57. The molecular formula is C18H17ClN4O2S. The Morgan fingerprint density at radius 2 is 2.19 bits per heavy atom. The molecule has 1 atom stereocenters. The van der Waals surface area contributed by atoms with E-state index in [9.17, 15) is 9.59 Å². The second-order valence-electron chi connectivity index (χ2n) is 6.47. The number of carbonyl (C=O) groups excluding carboxylic acids is 2. The first-order chi connectivity index (χ1) is 12.4. The number of thioether (sulfide) groups is 1. The van der Waals surface area contributed by atoms with Crippen LogP contribution in [0, 0.1) is 0 Å². The molecule has 8 heteroatoms. The molecule has 2 aliphatic rings. The third kappa shape index (κ3) is 2.54.